The SMILES string of the molecule is CCN(C)C[C@H](C)CNC(=O)N1CCN(Cc2ccccc2F)C(=O)C1. The fourth-order valence-electron chi connectivity index (χ4n) is 2.98. The van der Waals surface area contributed by atoms with Crippen LogP contribution in [0.5, 0.6) is 0 Å². The van der Waals surface area contributed by atoms with Crippen LogP contribution in [-0.2, 0) is 11.3 Å². The van der Waals surface area contributed by atoms with E-state index in [1.165, 1.54) is 11.0 Å². The molecule has 144 valence electrons. The van der Waals surface area contributed by atoms with Crippen molar-refractivity contribution in [1.29, 1.82) is 0 Å². The monoisotopic (exact) mass is 364 g/mol. The van der Waals surface area contributed by atoms with E-state index in [0.717, 1.165) is 13.1 Å². The number of rotatable bonds is 7. The van der Waals surface area contributed by atoms with Crippen molar-refractivity contribution in [3.8, 4) is 0 Å². The predicted molar refractivity (Wildman–Crippen MR) is 99.1 cm³/mol. The predicted octanol–water partition coefficient (Wildman–Crippen LogP) is 1.77. The van der Waals surface area contributed by atoms with E-state index in [0.29, 0.717) is 31.1 Å². The molecule has 1 fully saturated rings. The third kappa shape index (κ3) is 5.69. The van der Waals surface area contributed by atoms with E-state index in [1.54, 1.807) is 23.1 Å². The zero-order valence-electron chi connectivity index (χ0n) is 15.9. The Hall–Kier alpha value is -2.15. The summed E-state index contributed by atoms with van der Waals surface area (Å²) < 4.78 is 13.8. The van der Waals surface area contributed by atoms with Gasteiger partial charge in [0.1, 0.15) is 12.4 Å². The number of carbonyl (C=O) groups is 2. The normalized spacial score (nSPS) is 16.1. The van der Waals surface area contributed by atoms with Crippen LogP contribution in [0.3, 0.4) is 0 Å². The van der Waals surface area contributed by atoms with Gasteiger partial charge in [0.15, 0.2) is 0 Å². The van der Waals surface area contributed by atoms with Crippen LogP contribution < -0.4 is 5.32 Å². The molecule has 0 saturated carbocycles. The van der Waals surface area contributed by atoms with Crippen LogP contribution in [-0.4, -0.2) is 73.0 Å². The van der Waals surface area contributed by atoms with Gasteiger partial charge in [0, 0.05) is 38.3 Å². The van der Waals surface area contributed by atoms with Crippen LogP contribution in [0.2, 0.25) is 0 Å². The minimum absolute atomic E-state index is 0.0313. The molecule has 1 aliphatic rings. The molecule has 2 rings (SSSR count). The summed E-state index contributed by atoms with van der Waals surface area (Å²) in [4.78, 5) is 29.9. The summed E-state index contributed by atoms with van der Waals surface area (Å²) in [6.07, 6.45) is 0. The van der Waals surface area contributed by atoms with Gasteiger partial charge in [-0.2, -0.15) is 0 Å². The number of halogens is 1. The number of piperazine rings is 1. The Balaban J connectivity index is 1.79. The van der Waals surface area contributed by atoms with Gasteiger partial charge in [-0.25, -0.2) is 9.18 Å². The summed E-state index contributed by atoms with van der Waals surface area (Å²) in [5.74, 6) is -0.137. The van der Waals surface area contributed by atoms with E-state index in [2.05, 4.69) is 24.1 Å². The molecule has 0 aromatic heterocycles. The molecule has 0 radical (unpaired) electrons. The van der Waals surface area contributed by atoms with Crippen LogP contribution in [0.1, 0.15) is 19.4 Å². The largest absolute Gasteiger partial charge is 0.338 e. The number of benzene rings is 1. The summed E-state index contributed by atoms with van der Waals surface area (Å²) >= 11 is 0. The highest BCUT2D eigenvalue weighted by Gasteiger charge is 2.27. The Bertz CT molecular complexity index is 625. The number of hydrogen-bond donors (Lipinski definition) is 1. The highest BCUT2D eigenvalue weighted by molar-refractivity contribution is 5.85. The van der Waals surface area contributed by atoms with Crippen molar-refractivity contribution in [3.63, 3.8) is 0 Å². The second kappa shape index (κ2) is 9.52. The molecule has 1 saturated heterocycles. The van der Waals surface area contributed by atoms with Crippen molar-refractivity contribution in [3.05, 3.63) is 35.6 Å². The third-order valence-corrected chi connectivity index (χ3v) is 4.69. The number of carbonyl (C=O) groups excluding carboxylic acids is 2. The fraction of sp³-hybridized carbons (Fsp3) is 0.579. The van der Waals surface area contributed by atoms with Crippen LogP contribution in [0.4, 0.5) is 9.18 Å². The van der Waals surface area contributed by atoms with Crippen molar-refractivity contribution in [2.75, 3.05) is 46.3 Å². The number of urea groups is 1. The minimum atomic E-state index is -0.313. The molecule has 1 aromatic rings. The summed E-state index contributed by atoms with van der Waals surface area (Å²) in [7, 11) is 2.05. The molecule has 7 heteroatoms. The lowest BCUT2D eigenvalue weighted by molar-refractivity contribution is -0.135. The van der Waals surface area contributed by atoms with E-state index in [9.17, 15) is 14.0 Å². The van der Waals surface area contributed by atoms with Crippen molar-refractivity contribution in [2.45, 2.75) is 20.4 Å². The minimum Gasteiger partial charge on any atom is -0.338 e. The fourth-order valence-corrected chi connectivity index (χ4v) is 2.98. The second-order valence-corrected chi connectivity index (χ2v) is 6.97. The first-order valence-corrected chi connectivity index (χ1v) is 9.13. The van der Waals surface area contributed by atoms with E-state index >= 15 is 0 Å². The van der Waals surface area contributed by atoms with Gasteiger partial charge in [-0.15, -0.1) is 0 Å². The van der Waals surface area contributed by atoms with Gasteiger partial charge < -0.3 is 20.0 Å². The number of hydrogen-bond acceptors (Lipinski definition) is 3. The van der Waals surface area contributed by atoms with Gasteiger partial charge in [0.05, 0.1) is 0 Å². The van der Waals surface area contributed by atoms with Crippen molar-refractivity contribution in [2.24, 2.45) is 5.92 Å². The molecule has 1 aromatic carbocycles. The quantitative estimate of drug-likeness (QED) is 0.802. The number of nitrogens with one attached hydrogen (secondary N) is 1. The number of amides is 3. The number of nitrogens with zero attached hydrogens (tertiary/aromatic N) is 3. The lowest BCUT2D eigenvalue weighted by Crippen LogP contribution is -2.54. The Labute approximate surface area is 154 Å². The van der Waals surface area contributed by atoms with Crippen molar-refractivity contribution in [1.82, 2.24) is 20.0 Å². The molecule has 1 aliphatic heterocycles. The van der Waals surface area contributed by atoms with Crippen LogP contribution in [0.25, 0.3) is 0 Å². The maximum absolute atomic E-state index is 13.8. The molecular formula is C19H29FN4O2. The molecule has 0 bridgehead atoms. The van der Waals surface area contributed by atoms with Crippen molar-refractivity contribution < 1.29 is 14.0 Å². The zero-order valence-corrected chi connectivity index (χ0v) is 15.9. The van der Waals surface area contributed by atoms with Crippen LogP contribution >= 0.6 is 0 Å². The molecule has 1 N–H and O–H groups in total. The molecule has 0 aliphatic carbocycles. The molecule has 1 atom stereocenters. The summed E-state index contributed by atoms with van der Waals surface area (Å²) in [5.41, 5.74) is 0.493. The highest BCUT2D eigenvalue weighted by Crippen LogP contribution is 2.13. The lowest BCUT2D eigenvalue weighted by Gasteiger charge is -2.34. The van der Waals surface area contributed by atoms with E-state index in [-0.39, 0.29) is 30.8 Å². The summed E-state index contributed by atoms with van der Waals surface area (Å²) in [6.45, 7) is 7.77. The topological polar surface area (TPSA) is 55.9 Å². The molecule has 6 nitrogen and oxygen atoms in total. The standard InChI is InChI=1S/C19H29FN4O2/c1-4-22(3)12-15(2)11-21-19(26)24-10-9-23(18(25)14-24)13-16-7-5-6-8-17(16)20/h5-8,15H,4,9-14H2,1-3H3,(H,21,26)/t15-/m1/s1. The van der Waals surface area contributed by atoms with Crippen LogP contribution in [0.15, 0.2) is 24.3 Å². The van der Waals surface area contributed by atoms with Gasteiger partial charge in [-0.05, 0) is 25.6 Å². The lowest BCUT2D eigenvalue weighted by atomic mass is 10.1. The van der Waals surface area contributed by atoms with Gasteiger partial charge >= 0.3 is 6.03 Å². The smallest absolute Gasteiger partial charge is 0.317 e. The maximum atomic E-state index is 13.8. The molecule has 26 heavy (non-hydrogen) atoms. The molecule has 0 unspecified atom stereocenters. The third-order valence-electron chi connectivity index (χ3n) is 4.69. The molecule has 0 spiro atoms. The second-order valence-electron chi connectivity index (χ2n) is 6.97. The van der Waals surface area contributed by atoms with Gasteiger partial charge in [-0.3, -0.25) is 4.79 Å². The summed E-state index contributed by atoms with van der Waals surface area (Å²) in [6, 6.07) is 6.23. The first kappa shape index (κ1) is 20.2. The molecular weight excluding hydrogens is 335 g/mol. The summed E-state index contributed by atoms with van der Waals surface area (Å²) in [5, 5.41) is 2.91. The highest BCUT2D eigenvalue weighted by atomic mass is 19.1. The molecule has 3 amide bonds. The zero-order chi connectivity index (χ0) is 19.1. The van der Waals surface area contributed by atoms with Gasteiger partial charge in [-0.1, -0.05) is 32.0 Å². The Morgan fingerprint density at radius 3 is 2.73 bits per heavy atom. The van der Waals surface area contributed by atoms with Crippen molar-refractivity contribution >= 4 is 11.9 Å². The Kier molecular flexibility index (Phi) is 7.38. The first-order valence-electron chi connectivity index (χ1n) is 9.13. The van der Waals surface area contributed by atoms with E-state index < -0.39 is 0 Å². The average Bonchev–Trinajstić information content (AvgIpc) is 2.63. The van der Waals surface area contributed by atoms with Gasteiger partial charge in [0.25, 0.3) is 0 Å². The van der Waals surface area contributed by atoms with E-state index in [1.807, 2.05) is 7.05 Å². The van der Waals surface area contributed by atoms with E-state index in [4.69, 9.17) is 0 Å². The maximum Gasteiger partial charge on any atom is 0.317 e. The van der Waals surface area contributed by atoms with Gasteiger partial charge in [0.2, 0.25) is 5.91 Å². The Morgan fingerprint density at radius 1 is 1.35 bits per heavy atom. The average molecular weight is 364 g/mol. The molecule has 1 heterocycles. The van der Waals surface area contributed by atoms with Crippen LogP contribution in [0, 0.1) is 11.7 Å². The Morgan fingerprint density at radius 2 is 2.08 bits per heavy atom. The first-order chi connectivity index (χ1) is 12.4.